The van der Waals surface area contributed by atoms with Crippen LogP contribution in [0.1, 0.15) is 12.5 Å². The van der Waals surface area contributed by atoms with Gasteiger partial charge < -0.3 is 15.7 Å². The summed E-state index contributed by atoms with van der Waals surface area (Å²) < 4.78 is 11.7. The minimum Gasteiger partial charge on any atom is -0.480 e. The molecule has 0 saturated heterocycles. The molecule has 0 spiro atoms. The van der Waals surface area contributed by atoms with Crippen molar-refractivity contribution in [2.75, 3.05) is 0 Å². The highest BCUT2D eigenvalue weighted by Crippen LogP contribution is 2.39. The van der Waals surface area contributed by atoms with Gasteiger partial charge in [-0.2, -0.15) is 0 Å². The summed E-state index contributed by atoms with van der Waals surface area (Å²) >= 11 is 0. The van der Waals surface area contributed by atoms with Crippen molar-refractivity contribution < 1.29 is 19.4 Å². The van der Waals surface area contributed by atoms with Gasteiger partial charge in [-0.15, -0.1) is 0 Å². The number of benzene rings is 1. The van der Waals surface area contributed by atoms with E-state index in [1.165, 1.54) is 6.92 Å². The summed E-state index contributed by atoms with van der Waals surface area (Å²) in [5, 5.41) is 11.3. The number of rotatable bonds is 6. The third-order valence-electron chi connectivity index (χ3n) is 2.47. The standard InChI is InChI=1S/C11H17N2O4P/c1-8(12)18(16,17)13-10(11(14)15)7-9-5-3-2-4-6-9/h2-6,8,10H,7,12H2,1H3,(H,14,15)(H2,13,16,17)/t8-,10-/m1/s1. The van der Waals surface area contributed by atoms with Gasteiger partial charge in [0.1, 0.15) is 6.04 Å². The van der Waals surface area contributed by atoms with Gasteiger partial charge in [0.15, 0.2) is 0 Å². The number of aliphatic carboxylic acids is 1. The number of hydrogen-bond acceptors (Lipinski definition) is 3. The number of carboxylic acid groups (broad SMARTS) is 1. The second-order valence-electron chi connectivity index (χ2n) is 4.07. The molecule has 0 fully saturated rings. The molecule has 0 bridgehead atoms. The molecule has 1 aromatic carbocycles. The molecular weight excluding hydrogens is 255 g/mol. The van der Waals surface area contributed by atoms with Crippen molar-refractivity contribution >= 4 is 13.5 Å². The Morgan fingerprint density at radius 3 is 2.44 bits per heavy atom. The van der Waals surface area contributed by atoms with Gasteiger partial charge in [-0.3, -0.25) is 9.36 Å². The number of carbonyl (C=O) groups is 1. The predicted molar refractivity (Wildman–Crippen MR) is 68.2 cm³/mol. The third-order valence-corrected chi connectivity index (χ3v) is 4.26. The van der Waals surface area contributed by atoms with Crippen LogP contribution in [0.15, 0.2) is 30.3 Å². The molecule has 0 aliphatic heterocycles. The molecule has 0 aliphatic rings. The first-order valence-corrected chi connectivity index (χ1v) is 7.18. The van der Waals surface area contributed by atoms with E-state index < -0.39 is 25.3 Å². The van der Waals surface area contributed by atoms with Gasteiger partial charge in [-0.1, -0.05) is 30.3 Å². The maximum Gasteiger partial charge on any atom is 0.321 e. The highest BCUT2D eigenvalue weighted by atomic mass is 31.2. The molecule has 1 unspecified atom stereocenters. The van der Waals surface area contributed by atoms with E-state index in [2.05, 4.69) is 5.09 Å². The summed E-state index contributed by atoms with van der Waals surface area (Å²) in [7, 11) is -3.86. The normalized spacial score (nSPS) is 17.7. The van der Waals surface area contributed by atoms with E-state index in [9.17, 15) is 14.3 Å². The number of nitrogens with two attached hydrogens (primary N) is 1. The monoisotopic (exact) mass is 272 g/mol. The Morgan fingerprint density at radius 1 is 1.44 bits per heavy atom. The van der Waals surface area contributed by atoms with Gasteiger partial charge in [0, 0.05) is 0 Å². The van der Waals surface area contributed by atoms with Crippen LogP contribution < -0.4 is 10.8 Å². The Labute approximate surface area is 105 Å². The lowest BCUT2D eigenvalue weighted by Gasteiger charge is -2.21. The van der Waals surface area contributed by atoms with Gasteiger partial charge in [-0.05, 0) is 18.9 Å². The molecule has 0 aromatic heterocycles. The summed E-state index contributed by atoms with van der Waals surface area (Å²) in [6, 6.07) is 7.73. The van der Waals surface area contributed by atoms with Crippen LogP contribution in [0.5, 0.6) is 0 Å². The van der Waals surface area contributed by atoms with E-state index in [1.807, 2.05) is 6.07 Å². The van der Waals surface area contributed by atoms with Crippen molar-refractivity contribution in [2.45, 2.75) is 25.2 Å². The van der Waals surface area contributed by atoms with Crippen LogP contribution in [0, 0.1) is 0 Å². The molecular formula is C11H17N2O4P. The molecule has 100 valence electrons. The zero-order chi connectivity index (χ0) is 13.8. The highest BCUT2D eigenvalue weighted by Gasteiger charge is 2.30. The first kappa shape index (κ1) is 14.9. The fourth-order valence-electron chi connectivity index (χ4n) is 1.38. The van der Waals surface area contributed by atoms with E-state index in [4.69, 9.17) is 10.8 Å². The largest absolute Gasteiger partial charge is 0.480 e. The Kier molecular flexibility index (Phi) is 5.04. The Bertz CT molecular complexity index is 450. The smallest absolute Gasteiger partial charge is 0.321 e. The minimum absolute atomic E-state index is 0.118. The Balaban J connectivity index is 2.79. The summed E-state index contributed by atoms with van der Waals surface area (Å²) in [6.45, 7) is 1.36. The lowest BCUT2D eigenvalue weighted by atomic mass is 10.1. The van der Waals surface area contributed by atoms with Crippen LogP contribution in [-0.2, 0) is 15.8 Å². The van der Waals surface area contributed by atoms with Crippen molar-refractivity contribution in [3.05, 3.63) is 35.9 Å². The number of hydrogen-bond donors (Lipinski definition) is 4. The molecule has 7 heteroatoms. The van der Waals surface area contributed by atoms with Crippen LogP contribution in [-0.4, -0.2) is 27.8 Å². The summed E-state index contributed by atoms with van der Waals surface area (Å²) in [5.74, 6) is -2.20. The second kappa shape index (κ2) is 6.11. The van der Waals surface area contributed by atoms with Gasteiger partial charge in [-0.25, -0.2) is 5.09 Å². The van der Waals surface area contributed by atoms with Crippen LogP contribution in [0.3, 0.4) is 0 Å². The van der Waals surface area contributed by atoms with Crippen LogP contribution >= 0.6 is 7.52 Å². The zero-order valence-electron chi connectivity index (χ0n) is 9.98. The fourth-order valence-corrected chi connectivity index (χ4v) is 2.26. The van der Waals surface area contributed by atoms with Gasteiger partial charge in [0.25, 0.3) is 7.52 Å². The molecule has 3 atom stereocenters. The van der Waals surface area contributed by atoms with Crippen molar-refractivity contribution in [1.82, 2.24) is 5.09 Å². The predicted octanol–water partition coefficient (Wildman–Crippen LogP) is 0.762. The fraction of sp³-hybridized carbons (Fsp3) is 0.364. The van der Waals surface area contributed by atoms with Crippen molar-refractivity contribution in [1.29, 1.82) is 0 Å². The van der Waals surface area contributed by atoms with E-state index in [-0.39, 0.29) is 6.42 Å². The van der Waals surface area contributed by atoms with Crippen LogP contribution in [0.25, 0.3) is 0 Å². The molecule has 18 heavy (non-hydrogen) atoms. The Morgan fingerprint density at radius 2 is 2.00 bits per heavy atom. The molecule has 5 N–H and O–H groups in total. The topological polar surface area (TPSA) is 113 Å². The SMILES string of the molecule is C[C@H](N)P(=O)(O)N[C@H](Cc1ccccc1)C(=O)O. The van der Waals surface area contributed by atoms with Crippen LogP contribution in [0.4, 0.5) is 0 Å². The molecule has 1 aromatic rings. The molecule has 0 aliphatic carbocycles. The molecule has 0 amide bonds. The van der Waals surface area contributed by atoms with Crippen LogP contribution in [0.2, 0.25) is 0 Å². The van der Waals surface area contributed by atoms with E-state index in [0.29, 0.717) is 0 Å². The van der Waals surface area contributed by atoms with Crippen molar-refractivity contribution in [3.63, 3.8) is 0 Å². The first-order valence-electron chi connectivity index (χ1n) is 5.45. The van der Waals surface area contributed by atoms with E-state index >= 15 is 0 Å². The lowest BCUT2D eigenvalue weighted by molar-refractivity contribution is -0.139. The summed E-state index contributed by atoms with van der Waals surface area (Å²) in [6.07, 6.45) is 0.118. The van der Waals surface area contributed by atoms with Gasteiger partial charge in [0.2, 0.25) is 0 Å². The maximum atomic E-state index is 11.7. The van der Waals surface area contributed by atoms with Gasteiger partial charge >= 0.3 is 5.97 Å². The second-order valence-corrected chi connectivity index (χ2v) is 6.39. The van der Waals surface area contributed by atoms with Crippen molar-refractivity contribution in [2.24, 2.45) is 5.73 Å². The lowest BCUT2D eigenvalue weighted by Crippen LogP contribution is -2.39. The molecule has 6 nitrogen and oxygen atoms in total. The Hall–Kier alpha value is -1.20. The zero-order valence-corrected chi connectivity index (χ0v) is 10.9. The quantitative estimate of drug-likeness (QED) is 0.569. The van der Waals surface area contributed by atoms with Gasteiger partial charge in [0.05, 0.1) is 5.78 Å². The molecule has 0 radical (unpaired) electrons. The summed E-state index contributed by atoms with van der Waals surface area (Å²) in [4.78, 5) is 20.6. The number of carboxylic acids is 1. The average molecular weight is 272 g/mol. The van der Waals surface area contributed by atoms with E-state index in [0.717, 1.165) is 5.56 Å². The average Bonchev–Trinajstić information content (AvgIpc) is 2.29. The molecule has 0 saturated carbocycles. The van der Waals surface area contributed by atoms with Crippen molar-refractivity contribution in [3.8, 4) is 0 Å². The van der Waals surface area contributed by atoms with E-state index in [1.54, 1.807) is 24.3 Å². The minimum atomic E-state index is -3.86. The summed E-state index contributed by atoms with van der Waals surface area (Å²) in [5.41, 5.74) is 6.11. The molecule has 1 rings (SSSR count). The molecule has 0 heterocycles. The highest BCUT2D eigenvalue weighted by molar-refractivity contribution is 7.56. The third kappa shape index (κ3) is 4.23. The maximum absolute atomic E-state index is 11.7. The number of nitrogens with one attached hydrogen (secondary N) is 1. The first-order chi connectivity index (χ1) is 8.33.